The van der Waals surface area contributed by atoms with Crippen LogP contribution in [0.3, 0.4) is 0 Å². The Bertz CT molecular complexity index is 1250. The van der Waals surface area contributed by atoms with Gasteiger partial charge in [0.1, 0.15) is 24.4 Å². The maximum atomic E-state index is 14.2. The zero-order valence-electron chi connectivity index (χ0n) is 23.6. The molecule has 226 valence electrons. The number of nitrogens with one attached hydrogen (secondary N) is 2. The van der Waals surface area contributed by atoms with Crippen LogP contribution in [0.15, 0.2) is 24.3 Å². The number of carbonyl (C=O) groups is 4. The fraction of sp³-hybridized carbons (Fsp3) is 0.667. The summed E-state index contributed by atoms with van der Waals surface area (Å²) in [5.41, 5.74) is 2.54. The largest absolute Gasteiger partial charge is 0.388 e. The van der Waals surface area contributed by atoms with E-state index in [4.69, 9.17) is 4.74 Å². The first-order valence-corrected chi connectivity index (χ1v) is 15.3. The molecule has 7 rings (SSSR count). The average Bonchev–Trinajstić information content (AvgIpc) is 3.53. The van der Waals surface area contributed by atoms with Crippen molar-refractivity contribution in [1.82, 2.24) is 25.3 Å². The van der Waals surface area contributed by atoms with Gasteiger partial charge in [0.25, 0.3) is 0 Å². The van der Waals surface area contributed by atoms with Gasteiger partial charge in [-0.2, -0.15) is 0 Å². The third-order valence-corrected chi connectivity index (χ3v) is 10.0. The van der Waals surface area contributed by atoms with Gasteiger partial charge >= 0.3 is 0 Å². The summed E-state index contributed by atoms with van der Waals surface area (Å²) in [7, 11) is 0. The minimum atomic E-state index is -1.28. The summed E-state index contributed by atoms with van der Waals surface area (Å²) in [5, 5.41) is 27.1. The molecule has 42 heavy (non-hydrogen) atoms. The van der Waals surface area contributed by atoms with Gasteiger partial charge in [-0.15, -0.1) is 0 Å². The zero-order valence-corrected chi connectivity index (χ0v) is 23.6. The number of ether oxygens (including phenoxy) is 1. The molecule has 12 nitrogen and oxygen atoms in total. The van der Waals surface area contributed by atoms with Crippen molar-refractivity contribution in [1.29, 1.82) is 0 Å². The van der Waals surface area contributed by atoms with Crippen molar-refractivity contribution in [3.05, 3.63) is 35.4 Å². The number of rotatable bonds is 2. The smallest absolute Gasteiger partial charge is 0.244 e. The molecular formula is C30H39N5O7. The molecule has 0 aromatic heterocycles. The zero-order chi connectivity index (χ0) is 29.1. The number of fused-ring (bicyclic) bond motifs is 7. The standard InChI is InChI=1S/C30H39N5O7/c36-25-12-23-26(37)27(38)24(42-23)13-31-28(39)22-15-33(7-8-34(22)29(40)16-5-6-16)30(41)21-11-19(32-25)14-35(21)20-9-17-3-1-2-4-18(17)10-20/h1-4,16,19-24,26-27,37-38H,5-15H2,(H,31,39)(H,32,36)/t19-,21-,22-,23-,24+,26-,27+/m0/s1. The summed E-state index contributed by atoms with van der Waals surface area (Å²) in [6, 6.07) is 6.79. The van der Waals surface area contributed by atoms with Crippen molar-refractivity contribution in [2.45, 2.75) is 87.1 Å². The number of hydrogen-bond donors (Lipinski definition) is 4. The second-order valence-corrected chi connectivity index (χ2v) is 12.8. The van der Waals surface area contributed by atoms with Crippen LogP contribution in [-0.2, 0) is 36.8 Å². The molecule has 4 aliphatic heterocycles. The predicted octanol–water partition coefficient (Wildman–Crippen LogP) is -1.83. The summed E-state index contributed by atoms with van der Waals surface area (Å²) in [6.07, 6.45) is -0.858. The SMILES string of the molecule is O=C1C[C@@H]2O[C@H](CNC(=O)[C@@H]3CN(CCN3C(=O)C3CC3)C(=O)[C@@H]3C[C@@H](CN3C3Cc4ccccc4C3)N1)[C@@H](O)[C@H]2O. The molecule has 6 bridgehead atoms. The summed E-state index contributed by atoms with van der Waals surface area (Å²) in [4.78, 5) is 59.5. The van der Waals surface area contributed by atoms with Crippen LogP contribution in [0.2, 0.25) is 0 Å². The highest BCUT2D eigenvalue weighted by Gasteiger charge is 2.49. The van der Waals surface area contributed by atoms with E-state index in [1.165, 1.54) is 11.1 Å². The maximum Gasteiger partial charge on any atom is 0.244 e. The Balaban J connectivity index is 1.18. The predicted molar refractivity (Wildman–Crippen MR) is 148 cm³/mol. The van der Waals surface area contributed by atoms with Crippen molar-refractivity contribution in [3.8, 4) is 0 Å². The molecule has 7 atom stereocenters. The van der Waals surface area contributed by atoms with Crippen LogP contribution in [0.5, 0.6) is 0 Å². The van der Waals surface area contributed by atoms with Crippen LogP contribution in [0.1, 0.15) is 36.8 Å². The van der Waals surface area contributed by atoms with E-state index in [2.05, 4.69) is 27.7 Å². The normalized spacial score (nSPS) is 36.1. The van der Waals surface area contributed by atoms with Crippen molar-refractivity contribution in [3.63, 3.8) is 0 Å². The molecular weight excluding hydrogens is 542 g/mol. The third-order valence-electron chi connectivity index (χ3n) is 10.0. The van der Waals surface area contributed by atoms with E-state index in [1.807, 2.05) is 12.1 Å². The third kappa shape index (κ3) is 5.08. The van der Waals surface area contributed by atoms with E-state index in [0.29, 0.717) is 19.5 Å². The van der Waals surface area contributed by atoms with Crippen LogP contribution in [0.4, 0.5) is 0 Å². The van der Waals surface area contributed by atoms with E-state index in [0.717, 1.165) is 25.7 Å². The number of hydrogen-bond acceptors (Lipinski definition) is 8. The minimum Gasteiger partial charge on any atom is -0.388 e. The van der Waals surface area contributed by atoms with Gasteiger partial charge < -0.3 is 35.4 Å². The molecule has 0 radical (unpaired) electrons. The van der Waals surface area contributed by atoms with Crippen LogP contribution < -0.4 is 10.6 Å². The number of aliphatic hydroxyl groups is 2. The molecule has 12 heteroatoms. The second-order valence-electron chi connectivity index (χ2n) is 12.8. The number of carbonyl (C=O) groups excluding carboxylic acids is 4. The Morgan fingerprint density at radius 1 is 0.905 bits per heavy atom. The van der Waals surface area contributed by atoms with Crippen LogP contribution >= 0.6 is 0 Å². The van der Waals surface area contributed by atoms with Crippen LogP contribution in [-0.4, -0.2) is 130 Å². The molecule has 0 spiro atoms. The highest BCUT2D eigenvalue weighted by Crippen LogP contribution is 2.34. The number of aliphatic hydroxyl groups excluding tert-OH is 2. The van der Waals surface area contributed by atoms with E-state index >= 15 is 0 Å². The highest BCUT2D eigenvalue weighted by molar-refractivity contribution is 5.91. The average molecular weight is 582 g/mol. The Labute approximate surface area is 244 Å². The minimum absolute atomic E-state index is 0.0571. The van der Waals surface area contributed by atoms with Gasteiger partial charge in [0.05, 0.1) is 25.1 Å². The van der Waals surface area contributed by atoms with E-state index in [1.54, 1.807) is 9.80 Å². The van der Waals surface area contributed by atoms with Crippen LogP contribution in [0, 0.1) is 5.92 Å². The maximum absolute atomic E-state index is 14.2. The Morgan fingerprint density at radius 2 is 1.62 bits per heavy atom. The van der Waals surface area contributed by atoms with Crippen molar-refractivity contribution < 1.29 is 34.1 Å². The first kappa shape index (κ1) is 27.8. The quantitative estimate of drug-likeness (QED) is 0.319. The molecule has 1 aromatic carbocycles. The molecule has 1 saturated carbocycles. The molecule has 0 unspecified atom stereocenters. The highest BCUT2D eigenvalue weighted by atomic mass is 16.5. The monoisotopic (exact) mass is 581 g/mol. The molecule has 4 N–H and O–H groups in total. The lowest BCUT2D eigenvalue weighted by Gasteiger charge is -2.42. The number of benzene rings is 1. The summed E-state index contributed by atoms with van der Waals surface area (Å²) >= 11 is 0. The number of amides is 4. The van der Waals surface area contributed by atoms with Crippen molar-refractivity contribution >= 4 is 23.6 Å². The van der Waals surface area contributed by atoms with Gasteiger partial charge in [0, 0.05) is 44.2 Å². The molecule has 4 amide bonds. The summed E-state index contributed by atoms with van der Waals surface area (Å²) in [6.45, 7) is 1.10. The lowest BCUT2D eigenvalue weighted by Crippen LogP contribution is -2.64. The van der Waals surface area contributed by atoms with E-state index in [9.17, 15) is 29.4 Å². The molecule has 4 saturated heterocycles. The first-order valence-electron chi connectivity index (χ1n) is 15.3. The molecule has 1 aromatic rings. The Morgan fingerprint density at radius 3 is 2.33 bits per heavy atom. The van der Waals surface area contributed by atoms with Gasteiger partial charge in [-0.1, -0.05) is 24.3 Å². The second kappa shape index (κ2) is 10.9. The van der Waals surface area contributed by atoms with Gasteiger partial charge in [-0.25, -0.2) is 0 Å². The summed E-state index contributed by atoms with van der Waals surface area (Å²) in [5.74, 6) is -0.954. The molecule has 5 fully saturated rings. The topological polar surface area (TPSA) is 152 Å². The fourth-order valence-corrected chi connectivity index (χ4v) is 7.58. The van der Waals surface area contributed by atoms with Crippen molar-refractivity contribution in [2.75, 3.05) is 32.7 Å². The lowest BCUT2D eigenvalue weighted by molar-refractivity contribution is -0.151. The number of nitrogens with zero attached hydrogens (tertiary/aromatic N) is 3. The van der Waals surface area contributed by atoms with Gasteiger partial charge in [0.15, 0.2) is 0 Å². The van der Waals surface area contributed by atoms with E-state index in [-0.39, 0.29) is 61.8 Å². The van der Waals surface area contributed by atoms with Crippen molar-refractivity contribution in [2.24, 2.45) is 5.92 Å². The van der Waals surface area contributed by atoms with Gasteiger partial charge in [0.2, 0.25) is 23.6 Å². The molecule has 6 aliphatic rings. The first-order chi connectivity index (χ1) is 20.3. The Hall–Kier alpha value is -3.06. The van der Waals surface area contributed by atoms with Gasteiger partial charge in [-0.3, -0.25) is 24.1 Å². The van der Waals surface area contributed by atoms with Gasteiger partial charge in [-0.05, 0) is 43.2 Å². The lowest BCUT2D eigenvalue weighted by atomic mass is 10.0. The molecule has 4 heterocycles. The van der Waals surface area contributed by atoms with Crippen LogP contribution in [0.25, 0.3) is 0 Å². The number of piperazine rings is 1. The van der Waals surface area contributed by atoms with E-state index < -0.39 is 42.4 Å². The summed E-state index contributed by atoms with van der Waals surface area (Å²) < 4.78 is 5.84. The fourth-order valence-electron chi connectivity index (χ4n) is 7.58. The Kier molecular flexibility index (Phi) is 7.20. The number of likely N-dealkylation sites (tertiary alicyclic amines) is 1. The molecule has 2 aliphatic carbocycles.